The Kier molecular flexibility index (Phi) is 3.72. The Morgan fingerprint density at radius 1 is 1.37 bits per heavy atom. The fourth-order valence-electron chi connectivity index (χ4n) is 1.58. The predicted molar refractivity (Wildman–Crippen MR) is 68.0 cm³/mol. The maximum absolute atomic E-state index is 10.7. The highest BCUT2D eigenvalue weighted by Crippen LogP contribution is 2.28. The van der Waals surface area contributed by atoms with Crippen LogP contribution >= 0.6 is 0 Å². The van der Waals surface area contributed by atoms with E-state index in [1.165, 1.54) is 24.4 Å². The van der Waals surface area contributed by atoms with Crippen LogP contribution < -0.4 is 4.74 Å². The number of nitro groups is 1. The molecule has 0 aliphatic rings. The quantitative estimate of drug-likeness (QED) is 0.674. The molecule has 1 N–H and O–H groups in total. The second kappa shape index (κ2) is 5.45. The smallest absolute Gasteiger partial charge is 0.273 e. The number of aliphatic hydroxyl groups is 1. The van der Waals surface area contributed by atoms with Crippen molar-refractivity contribution in [2.45, 2.75) is 13.0 Å². The summed E-state index contributed by atoms with van der Waals surface area (Å²) in [7, 11) is 0. The highest BCUT2D eigenvalue weighted by molar-refractivity contribution is 5.40. The van der Waals surface area contributed by atoms with E-state index < -0.39 is 11.0 Å². The maximum Gasteiger partial charge on any atom is 0.273 e. The first kappa shape index (κ1) is 13.0. The highest BCUT2D eigenvalue weighted by Gasteiger charge is 2.12. The van der Waals surface area contributed by atoms with Crippen molar-refractivity contribution in [1.82, 2.24) is 4.98 Å². The number of aromatic nitrogens is 1. The summed E-state index contributed by atoms with van der Waals surface area (Å²) < 4.78 is 5.49. The van der Waals surface area contributed by atoms with Gasteiger partial charge in [0.25, 0.3) is 5.69 Å². The molecular weight excluding hydrogens is 248 g/mol. The van der Waals surface area contributed by atoms with Crippen LogP contribution in [0.25, 0.3) is 0 Å². The van der Waals surface area contributed by atoms with Gasteiger partial charge in [-0.1, -0.05) is 6.07 Å². The zero-order valence-electron chi connectivity index (χ0n) is 10.2. The zero-order valence-corrected chi connectivity index (χ0v) is 10.2. The van der Waals surface area contributed by atoms with Crippen LogP contribution in [-0.4, -0.2) is 15.0 Å². The Balaban J connectivity index is 2.31. The number of aliphatic hydroxyl groups excluding tert-OH is 1. The molecule has 2 rings (SSSR count). The minimum Gasteiger partial charge on any atom is -0.438 e. The molecule has 6 nitrogen and oxygen atoms in total. The maximum atomic E-state index is 10.7. The number of nitrogens with zero attached hydrogens (tertiary/aromatic N) is 2. The number of benzene rings is 1. The van der Waals surface area contributed by atoms with Gasteiger partial charge >= 0.3 is 0 Å². The number of ether oxygens (including phenoxy) is 1. The molecule has 0 fully saturated rings. The van der Waals surface area contributed by atoms with Gasteiger partial charge < -0.3 is 9.84 Å². The summed E-state index contributed by atoms with van der Waals surface area (Å²) in [5.41, 5.74) is 0.459. The summed E-state index contributed by atoms with van der Waals surface area (Å²) in [5.74, 6) is 0.535. The fraction of sp³-hybridized carbons (Fsp3) is 0.154. The van der Waals surface area contributed by atoms with E-state index in [-0.39, 0.29) is 11.6 Å². The third-order valence-corrected chi connectivity index (χ3v) is 2.49. The molecule has 1 aromatic carbocycles. The van der Waals surface area contributed by atoms with Crippen molar-refractivity contribution in [2.75, 3.05) is 0 Å². The summed E-state index contributed by atoms with van der Waals surface area (Å²) in [6, 6.07) is 9.17. The first-order chi connectivity index (χ1) is 9.08. The van der Waals surface area contributed by atoms with Gasteiger partial charge in [0.2, 0.25) is 5.88 Å². The molecule has 0 unspecified atom stereocenters. The van der Waals surface area contributed by atoms with Crippen molar-refractivity contribution in [1.29, 1.82) is 0 Å². The Morgan fingerprint density at radius 2 is 2.16 bits per heavy atom. The second-order valence-electron chi connectivity index (χ2n) is 3.93. The van der Waals surface area contributed by atoms with Crippen molar-refractivity contribution >= 4 is 5.69 Å². The van der Waals surface area contributed by atoms with Crippen LogP contribution in [0.4, 0.5) is 5.69 Å². The van der Waals surface area contributed by atoms with Gasteiger partial charge in [0.05, 0.1) is 17.1 Å². The Labute approximate surface area is 109 Å². The van der Waals surface area contributed by atoms with Crippen LogP contribution in [0.15, 0.2) is 42.6 Å². The Bertz CT molecular complexity index is 599. The molecule has 1 aromatic heterocycles. The van der Waals surface area contributed by atoms with Crippen molar-refractivity contribution < 1.29 is 14.8 Å². The van der Waals surface area contributed by atoms with Gasteiger partial charge in [-0.15, -0.1) is 0 Å². The minimum atomic E-state index is -0.734. The van der Waals surface area contributed by atoms with E-state index in [4.69, 9.17) is 4.74 Å². The monoisotopic (exact) mass is 260 g/mol. The number of rotatable bonds is 4. The molecule has 6 heteroatoms. The third-order valence-electron chi connectivity index (χ3n) is 2.49. The zero-order chi connectivity index (χ0) is 13.8. The van der Waals surface area contributed by atoms with Crippen molar-refractivity contribution in [3.8, 4) is 11.6 Å². The molecular formula is C13H12N2O4. The minimum absolute atomic E-state index is 0.0629. The molecule has 0 saturated carbocycles. The standard InChI is InChI=1S/C13H12N2O4/c1-9(16)12-6-3-7-14-13(12)19-11-5-2-4-10(8-11)15(17)18/h2-9,16H,1H3/t9-/m0/s1. The summed E-state index contributed by atoms with van der Waals surface area (Å²) >= 11 is 0. The molecule has 0 spiro atoms. The summed E-state index contributed by atoms with van der Waals surface area (Å²) in [4.78, 5) is 14.2. The van der Waals surface area contributed by atoms with Crippen molar-refractivity contribution in [3.05, 3.63) is 58.3 Å². The first-order valence-electron chi connectivity index (χ1n) is 5.63. The lowest BCUT2D eigenvalue weighted by molar-refractivity contribution is -0.384. The van der Waals surface area contributed by atoms with Crippen LogP contribution in [-0.2, 0) is 0 Å². The molecule has 0 amide bonds. The summed E-state index contributed by atoms with van der Waals surface area (Å²) in [6.07, 6.45) is 0.792. The van der Waals surface area contributed by atoms with Crippen molar-refractivity contribution in [3.63, 3.8) is 0 Å². The van der Waals surface area contributed by atoms with E-state index in [9.17, 15) is 15.2 Å². The largest absolute Gasteiger partial charge is 0.438 e. The molecule has 0 bridgehead atoms. The van der Waals surface area contributed by atoms with Gasteiger partial charge in [-0.25, -0.2) is 4.98 Å². The van der Waals surface area contributed by atoms with Gasteiger partial charge in [0.15, 0.2) is 0 Å². The third kappa shape index (κ3) is 3.05. The number of hydrogen-bond donors (Lipinski definition) is 1. The molecule has 0 radical (unpaired) electrons. The van der Waals surface area contributed by atoms with E-state index in [1.807, 2.05) is 0 Å². The molecule has 1 atom stereocenters. The van der Waals surface area contributed by atoms with E-state index >= 15 is 0 Å². The lowest BCUT2D eigenvalue weighted by Crippen LogP contribution is -1.98. The predicted octanol–water partition coefficient (Wildman–Crippen LogP) is 2.84. The van der Waals surface area contributed by atoms with Crippen LogP contribution in [0.1, 0.15) is 18.6 Å². The molecule has 0 saturated heterocycles. The first-order valence-corrected chi connectivity index (χ1v) is 5.63. The SMILES string of the molecule is C[C@H](O)c1cccnc1Oc1cccc([N+](=O)[O-])c1. The lowest BCUT2D eigenvalue weighted by atomic mass is 10.2. The molecule has 98 valence electrons. The molecule has 2 aromatic rings. The van der Waals surface area contributed by atoms with Crippen molar-refractivity contribution in [2.24, 2.45) is 0 Å². The molecule has 0 aliphatic heterocycles. The average molecular weight is 260 g/mol. The topological polar surface area (TPSA) is 85.5 Å². The normalized spacial score (nSPS) is 11.9. The lowest BCUT2D eigenvalue weighted by Gasteiger charge is -2.11. The van der Waals surface area contributed by atoms with Gasteiger partial charge in [-0.3, -0.25) is 10.1 Å². The van der Waals surface area contributed by atoms with E-state index in [0.717, 1.165) is 0 Å². The second-order valence-corrected chi connectivity index (χ2v) is 3.93. The number of non-ortho nitro benzene ring substituents is 1. The number of nitro benzene ring substituents is 1. The van der Waals surface area contributed by atoms with Crippen LogP contribution in [0.5, 0.6) is 11.6 Å². The van der Waals surface area contributed by atoms with Gasteiger partial charge in [-0.2, -0.15) is 0 Å². The fourth-order valence-corrected chi connectivity index (χ4v) is 1.58. The summed E-state index contributed by atoms with van der Waals surface area (Å²) in [6.45, 7) is 1.59. The van der Waals surface area contributed by atoms with E-state index in [0.29, 0.717) is 11.3 Å². The summed E-state index contributed by atoms with van der Waals surface area (Å²) in [5, 5.41) is 20.3. The highest BCUT2D eigenvalue weighted by atomic mass is 16.6. The van der Waals surface area contributed by atoms with Crippen LogP contribution in [0.2, 0.25) is 0 Å². The van der Waals surface area contributed by atoms with E-state index in [2.05, 4.69) is 4.98 Å². The average Bonchev–Trinajstić information content (AvgIpc) is 2.39. The van der Waals surface area contributed by atoms with Gasteiger partial charge in [0, 0.05) is 17.8 Å². The number of hydrogen-bond acceptors (Lipinski definition) is 5. The molecule has 19 heavy (non-hydrogen) atoms. The molecule has 0 aliphatic carbocycles. The number of pyridine rings is 1. The Hall–Kier alpha value is -2.47. The Morgan fingerprint density at radius 3 is 2.84 bits per heavy atom. The van der Waals surface area contributed by atoms with Gasteiger partial charge in [0.1, 0.15) is 5.75 Å². The van der Waals surface area contributed by atoms with Crippen LogP contribution in [0, 0.1) is 10.1 Å². The van der Waals surface area contributed by atoms with E-state index in [1.54, 1.807) is 25.1 Å². The van der Waals surface area contributed by atoms with Crippen LogP contribution in [0.3, 0.4) is 0 Å². The van der Waals surface area contributed by atoms with Gasteiger partial charge in [-0.05, 0) is 25.1 Å². The molecule has 1 heterocycles.